The normalized spacial score (nSPS) is 18.1. The first-order chi connectivity index (χ1) is 6.42. The smallest absolute Gasteiger partial charge is 0.323 e. The molecule has 14 heavy (non-hydrogen) atoms. The average Bonchev–Trinajstić information content (AvgIpc) is 2.54. The number of carboxylic acids is 2. The summed E-state index contributed by atoms with van der Waals surface area (Å²) in [6.45, 7) is 1.60. The number of rotatable bonds is 2. The highest BCUT2D eigenvalue weighted by atomic mass is 16.4. The Labute approximate surface area is 82.9 Å². The number of hydrogen-bond donors (Lipinski definition) is 3. The topological polar surface area (TPSA) is 101 Å². The zero-order valence-electron chi connectivity index (χ0n) is 8.32. The van der Waals surface area contributed by atoms with E-state index in [1.807, 2.05) is 0 Å². The standard InChI is InChI=1S/C6H11NO2.C3H6O2/c7-6(5(8)9)3-1-2-4-6;1-2-3(4)5/h1-4,7H2,(H,8,9);2H2,1H3,(H,4,5). The molecule has 1 rings (SSSR count). The Kier molecular flexibility index (Phi) is 5.15. The van der Waals surface area contributed by atoms with E-state index < -0.39 is 17.5 Å². The largest absolute Gasteiger partial charge is 0.481 e. The van der Waals surface area contributed by atoms with Crippen LogP contribution in [-0.2, 0) is 9.59 Å². The fourth-order valence-corrected chi connectivity index (χ4v) is 1.22. The summed E-state index contributed by atoms with van der Waals surface area (Å²) in [7, 11) is 0. The number of carboxylic acid groups (broad SMARTS) is 2. The van der Waals surface area contributed by atoms with Crippen LogP contribution in [0.25, 0.3) is 0 Å². The van der Waals surface area contributed by atoms with Crippen LogP contribution in [0, 0.1) is 0 Å². The first-order valence-corrected chi connectivity index (χ1v) is 4.66. The van der Waals surface area contributed by atoms with Gasteiger partial charge in [-0.2, -0.15) is 0 Å². The summed E-state index contributed by atoms with van der Waals surface area (Å²) < 4.78 is 0. The molecule has 5 heteroatoms. The first-order valence-electron chi connectivity index (χ1n) is 4.66. The van der Waals surface area contributed by atoms with Crippen molar-refractivity contribution in [1.82, 2.24) is 0 Å². The number of nitrogens with two attached hydrogens (primary N) is 1. The maximum Gasteiger partial charge on any atom is 0.323 e. The summed E-state index contributed by atoms with van der Waals surface area (Å²) in [5.74, 6) is -1.59. The van der Waals surface area contributed by atoms with E-state index in [0.29, 0.717) is 12.8 Å². The fraction of sp³-hybridized carbons (Fsp3) is 0.778. The van der Waals surface area contributed by atoms with Crippen LogP contribution in [-0.4, -0.2) is 27.7 Å². The Morgan fingerprint density at radius 1 is 1.29 bits per heavy atom. The van der Waals surface area contributed by atoms with Crippen molar-refractivity contribution >= 4 is 11.9 Å². The Balaban J connectivity index is 0.000000292. The molecule has 0 radical (unpaired) electrons. The van der Waals surface area contributed by atoms with Crippen molar-refractivity contribution in [3.8, 4) is 0 Å². The highest BCUT2D eigenvalue weighted by Crippen LogP contribution is 2.26. The van der Waals surface area contributed by atoms with Gasteiger partial charge in [0.2, 0.25) is 0 Å². The molecular formula is C9H17NO4. The second-order valence-electron chi connectivity index (χ2n) is 3.42. The molecule has 1 fully saturated rings. The van der Waals surface area contributed by atoms with Crippen LogP contribution >= 0.6 is 0 Å². The van der Waals surface area contributed by atoms with Crippen molar-refractivity contribution in [2.24, 2.45) is 5.73 Å². The van der Waals surface area contributed by atoms with E-state index in [-0.39, 0.29) is 6.42 Å². The van der Waals surface area contributed by atoms with Crippen molar-refractivity contribution in [3.63, 3.8) is 0 Å². The molecule has 0 spiro atoms. The van der Waals surface area contributed by atoms with Crippen molar-refractivity contribution < 1.29 is 19.8 Å². The van der Waals surface area contributed by atoms with E-state index in [9.17, 15) is 9.59 Å². The molecule has 5 nitrogen and oxygen atoms in total. The number of carbonyl (C=O) groups is 2. The number of hydrogen-bond acceptors (Lipinski definition) is 3. The molecule has 0 aromatic carbocycles. The van der Waals surface area contributed by atoms with E-state index in [1.165, 1.54) is 0 Å². The second-order valence-corrected chi connectivity index (χ2v) is 3.42. The van der Waals surface area contributed by atoms with Crippen LogP contribution in [0.1, 0.15) is 39.0 Å². The van der Waals surface area contributed by atoms with Gasteiger partial charge < -0.3 is 15.9 Å². The lowest BCUT2D eigenvalue weighted by Gasteiger charge is -2.15. The zero-order chi connectivity index (χ0) is 11.2. The van der Waals surface area contributed by atoms with Crippen LogP contribution in [0.4, 0.5) is 0 Å². The summed E-state index contributed by atoms with van der Waals surface area (Å²) in [5.41, 5.74) is 4.61. The molecule has 0 aromatic heterocycles. The first kappa shape index (κ1) is 12.9. The van der Waals surface area contributed by atoms with E-state index in [2.05, 4.69) is 0 Å². The monoisotopic (exact) mass is 203 g/mol. The molecule has 1 aliphatic carbocycles. The van der Waals surface area contributed by atoms with Crippen molar-refractivity contribution in [3.05, 3.63) is 0 Å². The van der Waals surface area contributed by atoms with E-state index in [1.54, 1.807) is 6.92 Å². The predicted molar refractivity (Wildman–Crippen MR) is 50.9 cm³/mol. The van der Waals surface area contributed by atoms with Gasteiger partial charge >= 0.3 is 11.9 Å². The van der Waals surface area contributed by atoms with Gasteiger partial charge in [0.05, 0.1) is 0 Å². The summed E-state index contributed by atoms with van der Waals surface area (Å²) in [6.07, 6.45) is 3.43. The van der Waals surface area contributed by atoms with Gasteiger partial charge in [0, 0.05) is 6.42 Å². The van der Waals surface area contributed by atoms with E-state index in [4.69, 9.17) is 15.9 Å². The molecule has 0 amide bonds. The third-order valence-electron chi connectivity index (χ3n) is 2.22. The third-order valence-corrected chi connectivity index (χ3v) is 2.22. The third kappa shape index (κ3) is 4.23. The molecule has 0 atom stereocenters. The predicted octanol–water partition coefficient (Wildman–Crippen LogP) is 0.823. The Morgan fingerprint density at radius 3 is 1.79 bits per heavy atom. The minimum Gasteiger partial charge on any atom is -0.481 e. The lowest BCUT2D eigenvalue weighted by Crippen LogP contribution is -2.44. The lowest BCUT2D eigenvalue weighted by molar-refractivity contribution is -0.143. The Bertz CT molecular complexity index is 209. The fourth-order valence-electron chi connectivity index (χ4n) is 1.22. The average molecular weight is 203 g/mol. The van der Waals surface area contributed by atoms with Gasteiger partial charge in [-0.3, -0.25) is 9.59 Å². The van der Waals surface area contributed by atoms with Gasteiger partial charge in [0.25, 0.3) is 0 Å². The molecule has 0 unspecified atom stereocenters. The second kappa shape index (κ2) is 5.59. The zero-order valence-corrected chi connectivity index (χ0v) is 8.32. The van der Waals surface area contributed by atoms with Crippen molar-refractivity contribution in [2.45, 2.75) is 44.6 Å². The van der Waals surface area contributed by atoms with E-state index in [0.717, 1.165) is 12.8 Å². The summed E-state index contributed by atoms with van der Waals surface area (Å²) in [6, 6.07) is 0. The van der Waals surface area contributed by atoms with Gasteiger partial charge in [-0.15, -0.1) is 0 Å². The van der Waals surface area contributed by atoms with Gasteiger partial charge in [-0.05, 0) is 12.8 Å². The van der Waals surface area contributed by atoms with Crippen LogP contribution in [0.5, 0.6) is 0 Å². The maximum absolute atomic E-state index is 10.4. The highest BCUT2D eigenvalue weighted by Gasteiger charge is 2.36. The van der Waals surface area contributed by atoms with Gasteiger partial charge in [-0.1, -0.05) is 19.8 Å². The van der Waals surface area contributed by atoms with Crippen LogP contribution < -0.4 is 5.73 Å². The van der Waals surface area contributed by atoms with Crippen LogP contribution in [0.15, 0.2) is 0 Å². The molecule has 0 bridgehead atoms. The molecular weight excluding hydrogens is 186 g/mol. The molecule has 0 heterocycles. The van der Waals surface area contributed by atoms with Crippen LogP contribution in [0.3, 0.4) is 0 Å². The molecule has 0 aliphatic heterocycles. The summed E-state index contributed by atoms with van der Waals surface area (Å²) >= 11 is 0. The van der Waals surface area contributed by atoms with Gasteiger partial charge in [0.1, 0.15) is 5.54 Å². The summed E-state index contributed by atoms with van der Waals surface area (Å²) in [4.78, 5) is 19.8. The van der Waals surface area contributed by atoms with Gasteiger partial charge in [0.15, 0.2) is 0 Å². The molecule has 0 saturated heterocycles. The van der Waals surface area contributed by atoms with Crippen molar-refractivity contribution in [1.29, 1.82) is 0 Å². The minimum absolute atomic E-state index is 0.222. The lowest BCUT2D eigenvalue weighted by atomic mass is 10.0. The van der Waals surface area contributed by atoms with Crippen LogP contribution in [0.2, 0.25) is 0 Å². The Hall–Kier alpha value is -1.10. The number of aliphatic carboxylic acids is 2. The molecule has 1 saturated carbocycles. The summed E-state index contributed by atoms with van der Waals surface area (Å²) in [5, 5.41) is 16.3. The molecule has 1 aliphatic rings. The minimum atomic E-state index is -0.889. The molecule has 4 N–H and O–H groups in total. The SMILES string of the molecule is CCC(=O)O.NC1(C(=O)O)CCCC1. The van der Waals surface area contributed by atoms with Gasteiger partial charge in [-0.25, -0.2) is 0 Å². The Morgan fingerprint density at radius 2 is 1.64 bits per heavy atom. The molecule has 82 valence electrons. The molecule has 0 aromatic rings. The highest BCUT2D eigenvalue weighted by molar-refractivity contribution is 5.78. The van der Waals surface area contributed by atoms with E-state index >= 15 is 0 Å². The maximum atomic E-state index is 10.4. The quantitative estimate of drug-likeness (QED) is 0.617. The van der Waals surface area contributed by atoms with Crippen molar-refractivity contribution in [2.75, 3.05) is 0 Å².